The van der Waals surface area contributed by atoms with E-state index in [0.717, 1.165) is 17.5 Å². The highest BCUT2D eigenvalue weighted by molar-refractivity contribution is 7.90. The highest BCUT2D eigenvalue weighted by Gasteiger charge is 2.34. The molecule has 0 saturated heterocycles. The first-order valence-electron chi connectivity index (χ1n) is 8.77. The van der Waals surface area contributed by atoms with Gasteiger partial charge in [-0.25, -0.2) is 17.9 Å². The van der Waals surface area contributed by atoms with Gasteiger partial charge in [-0.3, -0.25) is 0 Å². The highest BCUT2D eigenvalue weighted by atomic mass is 32.2. The Morgan fingerprint density at radius 2 is 1.77 bits per heavy atom. The molecule has 0 radical (unpaired) electrons. The predicted molar refractivity (Wildman–Crippen MR) is 101 cm³/mol. The van der Waals surface area contributed by atoms with E-state index in [9.17, 15) is 13.2 Å². The van der Waals surface area contributed by atoms with E-state index in [1.165, 1.54) is 17.7 Å². The molecule has 2 aromatic rings. The van der Waals surface area contributed by atoms with Gasteiger partial charge in [0.05, 0.1) is 10.9 Å². The molecule has 1 aliphatic heterocycles. The van der Waals surface area contributed by atoms with Crippen molar-refractivity contribution in [2.75, 3.05) is 6.54 Å². The Kier molecular flexibility index (Phi) is 5.05. The van der Waals surface area contributed by atoms with E-state index in [2.05, 4.69) is 10.8 Å². The van der Waals surface area contributed by atoms with Gasteiger partial charge in [0.2, 0.25) is 0 Å². The molecule has 1 atom stereocenters. The number of rotatable bonds is 3. The number of nitrogens with one attached hydrogen (secondary N) is 1. The van der Waals surface area contributed by atoms with Gasteiger partial charge in [-0.1, -0.05) is 55.8 Å². The first-order valence-corrected chi connectivity index (χ1v) is 10.3. The van der Waals surface area contributed by atoms with Crippen molar-refractivity contribution in [3.63, 3.8) is 0 Å². The second kappa shape index (κ2) is 7.11. The zero-order valence-corrected chi connectivity index (χ0v) is 16.1. The van der Waals surface area contributed by atoms with Crippen LogP contribution in [0.2, 0.25) is 0 Å². The molecule has 6 heteroatoms. The summed E-state index contributed by atoms with van der Waals surface area (Å²) in [7, 11) is -3.89. The van der Waals surface area contributed by atoms with Crippen molar-refractivity contribution in [1.29, 1.82) is 0 Å². The van der Waals surface area contributed by atoms with Crippen molar-refractivity contribution in [3.8, 4) is 0 Å². The number of fused-ring (bicyclic) bond motifs is 1. The number of benzene rings is 2. The van der Waals surface area contributed by atoms with Crippen LogP contribution in [0.5, 0.6) is 0 Å². The first kappa shape index (κ1) is 18.5. The molecule has 0 fully saturated rings. The first-order chi connectivity index (χ1) is 12.3. The lowest BCUT2D eigenvalue weighted by Crippen LogP contribution is -2.48. The number of carbonyl (C=O) groups excluding carboxylic acids is 1. The Labute approximate surface area is 155 Å². The molecule has 5 nitrogen and oxygen atoms in total. The molecule has 0 bridgehead atoms. The number of urea groups is 1. The summed E-state index contributed by atoms with van der Waals surface area (Å²) in [4.78, 5) is 14.5. The number of carbonyl (C=O) groups is 1. The maximum Gasteiger partial charge on any atom is 0.331 e. The average Bonchev–Trinajstić information content (AvgIpc) is 2.60. The molecular formula is C20H24N2O3S. The lowest BCUT2D eigenvalue weighted by atomic mass is 9.86. The predicted octanol–water partition coefficient (Wildman–Crippen LogP) is 3.65. The summed E-state index contributed by atoms with van der Waals surface area (Å²) in [5, 5.41) is 0. The second-order valence-corrected chi connectivity index (χ2v) is 8.74. The van der Waals surface area contributed by atoms with Crippen molar-refractivity contribution in [3.05, 3.63) is 65.2 Å². The van der Waals surface area contributed by atoms with Gasteiger partial charge in [0.1, 0.15) is 0 Å². The summed E-state index contributed by atoms with van der Waals surface area (Å²) < 4.78 is 27.4. The van der Waals surface area contributed by atoms with Crippen LogP contribution in [0.25, 0.3) is 0 Å². The van der Waals surface area contributed by atoms with Crippen LogP contribution < -0.4 is 4.72 Å². The van der Waals surface area contributed by atoms with Crippen molar-refractivity contribution >= 4 is 16.1 Å². The molecule has 0 saturated carbocycles. The molecule has 26 heavy (non-hydrogen) atoms. The topological polar surface area (TPSA) is 66.5 Å². The normalized spacial score (nSPS) is 17.1. The molecule has 1 unspecified atom stereocenters. The van der Waals surface area contributed by atoms with Gasteiger partial charge in [0.15, 0.2) is 0 Å². The van der Waals surface area contributed by atoms with Crippen molar-refractivity contribution in [2.45, 2.75) is 38.1 Å². The zero-order valence-electron chi connectivity index (χ0n) is 15.3. The van der Waals surface area contributed by atoms with Crippen molar-refractivity contribution in [1.82, 2.24) is 9.62 Å². The molecule has 1 heterocycles. The third kappa shape index (κ3) is 3.60. The lowest BCUT2D eigenvalue weighted by molar-refractivity contribution is 0.153. The van der Waals surface area contributed by atoms with Crippen LogP contribution in [0.1, 0.15) is 36.6 Å². The smallest absolute Gasteiger partial charge is 0.316 e. The molecule has 0 spiro atoms. The lowest BCUT2D eigenvalue weighted by Gasteiger charge is -2.39. The van der Waals surface area contributed by atoms with E-state index in [-0.39, 0.29) is 16.9 Å². The monoisotopic (exact) mass is 372 g/mol. The van der Waals surface area contributed by atoms with E-state index >= 15 is 0 Å². The van der Waals surface area contributed by atoms with E-state index in [4.69, 9.17) is 0 Å². The maximum atomic E-state index is 12.8. The Balaban J connectivity index is 1.86. The third-order valence-electron chi connectivity index (χ3n) is 4.78. The van der Waals surface area contributed by atoms with E-state index in [0.29, 0.717) is 6.54 Å². The summed E-state index contributed by atoms with van der Waals surface area (Å²) in [6.45, 7) is 6.46. The number of hydrogen-bond donors (Lipinski definition) is 1. The molecule has 3 rings (SSSR count). The molecule has 138 valence electrons. The molecule has 1 aliphatic rings. The van der Waals surface area contributed by atoms with E-state index in [1.54, 1.807) is 17.0 Å². The Morgan fingerprint density at radius 3 is 2.42 bits per heavy atom. The van der Waals surface area contributed by atoms with Gasteiger partial charge in [0.25, 0.3) is 10.0 Å². The van der Waals surface area contributed by atoms with Gasteiger partial charge >= 0.3 is 6.03 Å². The summed E-state index contributed by atoms with van der Waals surface area (Å²) >= 11 is 0. The minimum absolute atomic E-state index is 0.0926. The largest absolute Gasteiger partial charge is 0.331 e. The van der Waals surface area contributed by atoms with Gasteiger partial charge in [-0.2, -0.15) is 0 Å². The summed E-state index contributed by atoms with van der Waals surface area (Å²) in [6, 6.07) is 13.8. The summed E-state index contributed by atoms with van der Waals surface area (Å²) in [5.41, 5.74) is 3.27. The Morgan fingerprint density at radius 1 is 1.12 bits per heavy atom. The van der Waals surface area contributed by atoms with Crippen LogP contribution in [0.3, 0.4) is 0 Å². The van der Waals surface area contributed by atoms with Crippen LogP contribution in [0.15, 0.2) is 53.4 Å². The Bertz CT molecular complexity index is 905. The van der Waals surface area contributed by atoms with Gasteiger partial charge in [-0.15, -0.1) is 0 Å². The maximum absolute atomic E-state index is 12.8. The minimum atomic E-state index is -3.89. The molecule has 1 N–H and O–H groups in total. The molecule has 0 aliphatic carbocycles. The van der Waals surface area contributed by atoms with Gasteiger partial charge < -0.3 is 4.90 Å². The minimum Gasteiger partial charge on any atom is -0.316 e. The summed E-state index contributed by atoms with van der Waals surface area (Å²) in [6.07, 6.45) is 0.720. The Hall–Kier alpha value is -2.34. The van der Waals surface area contributed by atoms with Crippen LogP contribution in [-0.4, -0.2) is 25.9 Å². The third-order valence-corrected chi connectivity index (χ3v) is 6.11. The van der Waals surface area contributed by atoms with Crippen LogP contribution in [-0.2, 0) is 16.4 Å². The number of sulfonamides is 1. The highest BCUT2D eigenvalue weighted by Crippen LogP contribution is 2.35. The fourth-order valence-corrected chi connectivity index (χ4v) is 4.45. The van der Waals surface area contributed by atoms with Gasteiger partial charge in [-0.05, 0) is 42.5 Å². The molecule has 2 amide bonds. The molecule has 2 aromatic carbocycles. The standard InChI is InChI=1S/C20H24N2O3S/c1-14(2)19-18-7-5-4-6-16(18)12-13-22(19)20(23)21-26(24,25)17-10-8-15(3)9-11-17/h4-11,14,19H,12-13H2,1-3H3,(H,21,23). The number of hydrogen-bond acceptors (Lipinski definition) is 3. The molecular weight excluding hydrogens is 348 g/mol. The van der Waals surface area contributed by atoms with Gasteiger partial charge in [0, 0.05) is 6.54 Å². The zero-order chi connectivity index (χ0) is 18.9. The average molecular weight is 372 g/mol. The quantitative estimate of drug-likeness (QED) is 0.894. The fraction of sp³-hybridized carbons (Fsp3) is 0.350. The SMILES string of the molecule is Cc1ccc(S(=O)(=O)NC(=O)N2CCc3ccccc3C2C(C)C)cc1. The molecule has 0 aromatic heterocycles. The number of nitrogens with zero attached hydrogens (tertiary/aromatic N) is 1. The van der Waals surface area contributed by atoms with Crippen LogP contribution >= 0.6 is 0 Å². The summed E-state index contributed by atoms with van der Waals surface area (Å²) in [5.74, 6) is 0.171. The van der Waals surface area contributed by atoms with Crippen LogP contribution in [0.4, 0.5) is 4.79 Å². The van der Waals surface area contributed by atoms with E-state index in [1.807, 2.05) is 39.0 Å². The van der Waals surface area contributed by atoms with Crippen LogP contribution in [0, 0.1) is 12.8 Å². The van der Waals surface area contributed by atoms with E-state index < -0.39 is 16.1 Å². The second-order valence-electron chi connectivity index (χ2n) is 7.05. The number of amides is 2. The number of aryl methyl sites for hydroxylation is 1. The van der Waals surface area contributed by atoms with Crippen molar-refractivity contribution in [2.24, 2.45) is 5.92 Å². The fourth-order valence-electron chi connectivity index (χ4n) is 3.50. The van der Waals surface area contributed by atoms with Crippen molar-refractivity contribution < 1.29 is 13.2 Å².